The van der Waals surface area contributed by atoms with Gasteiger partial charge in [0.2, 0.25) is 5.91 Å². The molecule has 1 fully saturated rings. The van der Waals surface area contributed by atoms with Crippen LogP contribution in [0, 0.1) is 0 Å². The Hall–Kier alpha value is -3.39. The molecule has 3 aromatic rings. The van der Waals surface area contributed by atoms with Gasteiger partial charge in [0.1, 0.15) is 17.1 Å². The molecule has 8 heteroatoms. The van der Waals surface area contributed by atoms with Crippen molar-refractivity contribution in [3.8, 4) is 11.5 Å². The maximum atomic E-state index is 12.6. The van der Waals surface area contributed by atoms with Crippen LogP contribution >= 0.6 is 0 Å². The first-order valence-electron chi connectivity index (χ1n) is 11.7. The first-order valence-corrected chi connectivity index (χ1v) is 11.7. The summed E-state index contributed by atoms with van der Waals surface area (Å²) in [6, 6.07) is 11.7. The molecule has 0 atom stereocenters. The smallest absolute Gasteiger partial charge is 0.421 e. The zero-order valence-corrected chi connectivity index (χ0v) is 19.7. The van der Waals surface area contributed by atoms with Gasteiger partial charge in [-0.05, 0) is 82.0 Å². The molecular formula is C26H29N3O5. The molecule has 2 aliphatic rings. The zero-order chi connectivity index (χ0) is 23.9. The SMILES string of the molecule is CC(C)(C)OC(=O)N1C(=O)CCc2cc(Oc3ccc4c(cnn4C4CCOCC4)c3)ccc21. The fraction of sp³-hybridized carbons (Fsp3) is 0.423. The number of aromatic nitrogens is 2. The molecule has 1 aromatic heterocycles. The molecule has 34 heavy (non-hydrogen) atoms. The van der Waals surface area contributed by atoms with Gasteiger partial charge in [-0.3, -0.25) is 9.48 Å². The fourth-order valence-electron chi connectivity index (χ4n) is 4.49. The molecular weight excluding hydrogens is 434 g/mol. The van der Waals surface area contributed by atoms with E-state index in [0.717, 1.165) is 47.4 Å². The summed E-state index contributed by atoms with van der Waals surface area (Å²) in [5.74, 6) is 1.09. The monoisotopic (exact) mass is 463 g/mol. The van der Waals surface area contributed by atoms with E-state index in [-0.39, 0.29) is 12.3 Å². The highest BCUT2D eigenvalue weighted by Gasteiger charge is 2.33. The van der Waals surface area contributed by atoms with Crippen molar-refractivity contribution >= 4 is 28.6 Å². The molecule has 178 valence electrons. The van der Waals surface area contributed by atoms with Crippen molar-refractivity contribution in [1.82, 2.24) is 9.78 Å². The first kappa shape index (κ1) is 22.4. The van der Waals surface area contributed by atoms with E-state index in [1.165, 1.54) is 0 Å². The number of ether oxygens (including phenoxy) is 3. The molecule has 0 spiro atoms. The van der Waals surface area contributed by atoms with Crippen LogP contribution in [0.1, 0.15) is 51.6 Å². The lowest BCUT2D eigenvalue weighted by Gasteiger charge is -2.30. The van der Waals surface area contributed by atoms with Crippen molar-refractivity contribution < 1.29 is 23.8 Å². The second kappa shape index (κ2) is 8.76. The van der Waals surface area contributed by atoms with E-state index in [4.69, 9.17) is 14.2 Å². The minimum Gasteiger partial charge on any atom is -0.457 e. The van der Waals surface area contributed by atoms with Crippen LogP contribution in [0.5, 0.6) is 11.5 Å². The molecule has 0 N–H and O–H groups in total. The Morgan fingerprint density at radius 2 is 1.79 bits per heavy atom. The van der Waals surface area contributed by atoms with Gasteiger partial charge in [-0.2, -0.15) is 5.10 Å². The summed E-state index contributed by atoms with van der Waals surface area (Å²) in [5.41, 5.74) is 1.81. The predicted molar refractivity (Wildman–Crippen MR) is 127 cm³/mol. The third-order valence-corrected chi connectivity index (χ3v) is 6.06. The summed E-state index contributed by atoms with van der Waals surface area (Å²) in [6.07, 6.45) is 3.93. The van der Waals surface area contributed by atoms with Crippen molar-refractivity contribution in [1.29, 1.82) is 0 Å². The van der Waals surface area contributed by atoms with Gasteiger partial charge in [-0.15, -0.1) is 0 Å². The van der Waals surface area contributed by atoms with Crippen LogP contribution < -0.4 is 9.64 Å². The number of carbonyl (C=O) groups is 2. The van der Waals surface area contributed by atoms with Crippen molar-refractivity contribution in [3.63, 3.8) is 0 Å². The Morgan fingerprint density at radius 3 is 2.56 bits per heavy atom. The van der Waals surface area contributed by atoms with Gasteiger partial charge in [0.05, 0.1) is 23.4 Å². The largest absolute Gasteiger partial charge is 0.457 e. The number of nitrogens with zero attached hydrogens (tertiary/aromatic N) is 3. The number of hydrogen-bond acceptors (Lipinski definition) is 6. The minimum absolute atomic E-state index is 0.243. The van der Waals surface area contributed by atoms with Gasteiger partial charge < -0.3 is 14.2 Å². The Balaban J connectivity index is 1.36. The molecule has 3 heterocycles. The van der Waals surface area contributed by atoms with E-state index >= 15 is 0 Å². The maximum Gasteiger partial charge on any atom is 0.421 e. The van der Waals surface area contributed by atoms with Crippen molar-refractivity contribution in [2.24, 2.45) is 0 Å². The minimum atomic E-state index is -0.685. The Morgan fingerprint density at radius 1 is 1.06 bits per heavy atom. The fourth-order valence-corrected chi connectivity index (χ4v) is 4.49. The van der Waals surface area contributed by atoms with Gasteiger partial charge >= 0.3 is 6.09 Å². The molecule has 5 rings (SSSR count). The zero-order valence-electron chi connectivity index (χ0n) is 19.7. The van der Waals surface area contributed by atoms with Crippen LogP contribution in [0.15, 0.2) is 42.6 Å². The topological polar surface area (TPSA) is 82.9 Å². The Bertz CT molecular complexity index is 1240. The summed E-state index contributed by atoms with van der Waals surface area (Å²) in [5, 5.41) is 5.62. The van der Waals surface area contributed by atoms with Gasteiger partial charge in [0, 0.05) is 25.0 Å². The van der Waals surface area contributed by atoms with Gasteiger partial charge in [-0.1, -0.05) is 0 Å². The van der Waals surface area contributed by atoms with Crippen molar-refractivity contribution in [3.05, 3.63) is 48.2 Å². The highest BCUT2D eigenvalue weighted by atomic mass is 16.6. The van der Waals surface area contributed by atoms with Crippen molar-refractivity contribution in [2.45, 2.75) is 58.1 Å². The molecule has 0 radical (unpaired) electrons. The number of amides is 2. The summed E-state index contributed by atoms with van der Waals surface area (Å²) in [7, 11) is 0. The van der Waals surface area contributed by atoms with Crippen molar-refractivity contribution in [2.75, 3.05) is 18.1 Å². The highest BCUT2D eigenvalue weighted by molar-refractivity contribution is 6.14. The van der Waals surface area contributed by atoms with E-state index in [9.17, 15) is 9.59 Å². The first-order chi connectivity index (χ1) is 16.3. The highest BCUT2D eigenvalue weighted by Crippen LogP contribution is 2.35. The quantitative estimate of drug-likeness (QED) is 0.518. The number of aryl methyl sites for hydroxylation is 1. The summed E-state index contributed by atoms with van der Waals surface area (Å²) in [4.78, 5) is 26.2. The average Bonchev–Trinajstić information content (AvgIpc) is 3.22. The molecule has 2 aromatic carbocycles. The number of anilines is 1. The van der Waals surface area contributed by atoms with Crippen LogP contribution in [-0.2, 0) is 20.7 Å². The van der Waals surface area contributed by atoms with Crippen LogP contribution in [0.4, 0.5) is 10.5 Å². The van der Waals surface area contributed by atoms with Gasteiger partial charge in [0.15, 0.2) is 0 Å². The summed E-state index contributed by atoms with van der Waals surface area (Å²) >= 11 is 0. The third-order valence-electron chi connectivity index (χ3n) is 6.06. The number of hydrogen-bond donors (Lipinski definition) is 0. The standard InChI is InChI=1S/C26H29N3O5/c1-26(2,3)34-25(31)28-22-7-5-20(14-17(22)4-9-24(28)30)33-21-6-8-23-18(15-21)16-27-29(23)19-10-12-32-13-11-19/h5-8,14-16,19H,4,9-13H2,1-3H3. The lowest BCUT2D eigenvalue weighted by Crippen LogP contribution is -2.43. The lowest BCUT2D eigenvalue weighted by molar-refractivity contribution is -0.118. The van der Waals surface area contributed by atoms with Crippen LogP contribution in [0.25, 0.3) is 10.9 Å². The average molecular weight is 464 g/mol. The third kappa shape index (κ3) is 4.50. The number of fused-ring (bicyclic) bond motifs is 2. The molecule has 0 unspecified atom stereocenters. The number of rotatable bonds is 3. The van der Waals surface area contributed by atoms with E-state index < -0.39 is 11.7 Å². The molecule has 1 saturated heterocycles. The second-order valence-corrected chi connectivity index (χ2v) is 9.76. The van der Waals surface area contributed by atoms with E-state index in [1.54, 1.807) is 32.9 Å². The molecule has 2 amide bonds. The van der Waals surface area contributed by atoms with Crippen LogP contribution in [0.3, 0.4) is 0 Å². The summed E-state index contributed by atoms with van der Waals surface area (Å²) in [6.45, 7) is 6.87. The molecule has 0 saturated carbocycles. The molecule has 8 nitrogen and oxygen atoms in total. The normalized spacial score (nSPS) is 17.0. The Labute approximate surface area is 198 Å². The van der Waals surface area contributed by atoms with Crippen LogP contribution in [0.2, 0.25) is 0 Å². The number of imide groups is 1. The van der Waals surface area contributed by atoms with Crippen LogP contribution in [-0.4, -0.2) is 40.6 Å². The molecule has 0 bridgehead atoms. The van der Waals surface area contributed by atoms with E-state index in [1.807, 2.05) is 30.5 Å². The maximum absolute atomic E-state index is 12.6. The predicted octanol–water partition coefficient (Wildman–Crippen LogP) is 5.39. The second-order valence-electron chi connectivity index (χ2n) is 9.76. The van der Waals surface area contributed by atoms with Gasteiger partial charge in [-0.25, -0.2) is 9.69 Å². The molecule has 2 aliphatic heterocycles. The van der Waals surface area contributed by atoms with E-state index in [2.05, 4.69) is 9.78 Å². The number of benzene rings is 2. The number of carbonyl (C=O) groups excluding carboxylic acids is 2. The Kier molecular flexibility index (Phi) is 5.77. The lowest BCUT2D eigenvalue weighted by atomic mass is 10.0. The molecule has 0 aliphatic carbocycles. The van der Waals surface area contributed by atoms with Gasteiger partial charge in [0.25, 0.3) is 0 Å². The van der Waals surface area contributed by atoms with E-state index in [0.29, 0.717) is 29.6 Å². The summed E-state index contributed by atoms with van der Waals surface area (Å²) < 4.78 is 19.1.